The van der Waals surface area contributed by atoms with Crippen LogP contribution in [-0.4, -0.2) is 54.4 Å². The van der Waals surface area contributed by atoms with Gasteiger partial charge in [-0.15, -0.1) is 0 Å². The summed E-state index contributed by atoms with van der Waals surface area (Å²) < 4.78 is 45.8. The summed E-state index contributed by atoms with van der Waals surface area (Å²) in [4.78, 5) is 31.4. The van der Waals surface area contributed by atoms with E-state index in [2.05, 4.69) is 10.3 Å². The standard InChI is InChI=1S/C26H24F3N3O3/c27-26(28,29)21-8-7-20(15-23(21)31-25(34)17-32-10-12-35-13-11-32)24(33)14-18-6-9-22(30-16-18)19-4-2-1-3-5-19/h1-9,15-16H,10-14,17H2,(H,31,34). The molecule has 0 radical (unpaired) electrons. The third-order valence-electron chi connectivity index (χ3n) is 5.65. The summed E-state index contributed by atoms with van der Waals surface area (Å²) in [6.45, 7) is 1.92. The van der Waals surface area contributed by atoms with E-state index in [1.54, 1.807) is 23.2 Å². The summed E-state index contributed by atoms with van der Waals surface area (Å²) in [6.07, 6.45) is -3.13. The van der Waals surface area contributed by atoms with E-state index in [9.17, 15) is 22.8 Å². The van der Waals surface area contributed by atoms with Crippen LogP contribution in [0.15, 0.2) is 66.9 Å². The molecule has 0 unspecified atom stereocenters. The number of nitrogens with zero attached hydrogens (tertiary/aromatic N) is 2. The maximum Gasteiger partial charge on any atom is 0.418 e. The Kier molecular flexibility index (Phi) is 7.57. The number of amides is 1. The molecule has 2 heterocycles. The average Bonchev–Trinajstić information content (AvgIpc) is 2.85. The van der Waals surface area contributed by atoms with Gasteiger partial charge in [0.05, 0.1) is 36.7 Å². The fraction of sp³-hybridized carbons (Fsp3) is 0.269. The van der Waals surface area contributed by atoms with Crippen molar-refractivity contribution in [2.75, 3.05) is 38.2 Å². The number of alkyl halides is 3. The molecule has 1 aromatic heterocycles. The van der Waals surface area contributed by atoms with Gasteiger partial charge in [-0.2, -0.15) is 13.2 Å². The molecule has 1 fully saturated rings. The van der Waals surface area contributed by atoms with Crippen molar-refractivity contribution in [1.29, 1.82) is 0 Å². The highest BCUT2D eigenvalue weighted by Crippen LogP contribution is 2.35. The molecule has 0 atom stereocenters. The Morgan fingerprint density at radius 1 is 1.00 bits per heavy atom. The van der Waals surface area contributed by atoms with Crippen LogP contribution in [0, 0.1) is 0 Å². The first-order chi connectivity index (χ1) is 16.8. The fourth-order valence-corrected chi connectivity index (χ4v) is 3.82. The summed E-state index contributed by atoms with van der Waals surface area (Å²) in [5, 5.41) is 2.34. The zero-order chi connectivity index (χ0) is 24.8. The molecule has 35 heavy (non-hydrogen) atoms. The number of hydrogen-bond donors (Lipinski definition) is 1. The molecular weight excluding hydrogens is 459 g/mol. The Morgan fingerprint density at radius 3 is 2.40 bits per heavy atom. The number of pyridine rings is 1. The maximum absolute atomic E-state index is 13.5. The van der Waals surface area contributed by atoms with E-state index in [1.165, 1.54) is 0 Å². The van der Waals surface area contributed by atoms with E-state index in [1.807, 2.05) is 30.3 Å². The van der Waals surface area contributed by atoms with Crippen LogP contribution in [0.4, 0.5) is 18.9 Å². The van der Waals surface area contributed by atoms with E-state index < -0.39 is 23.3 Å². The lowest BCUT2D eigenvalue weighted by atomic mass is 10.0. The second-order valence-corrected chi connectivity index (χ2v) is 8.21. The van der Waals surface area contributed by atoms with Gasteiger partial charge in [0.15, 0.2) is 5.78 Å². The molecule has 6 nitrogen and oxygen atoms in total. The Balaban J connectivity index is 1.48. The Bertz CT molecular complexity index is 1180. The van der Waals surface area contributed by atoms with Gasteiger partial charge in [0.2, 0.25) is 5.91 Å². The number of ketones is 1. The second-order valence-electron chi connectivity index (χ2n) is 8.21. The van der Waals surface area contributed by atoms with Crippen molar-refractivity contribution < 1.29 is 27.5 Å². The van der Waals surface area contributed by atoms with Gasteiger partial charge in [0, 0.05) is 36.8 Å². The van der Waals surface area contributed by atoms with Crippen LogP contribution in [0.5, 0.6) is 0 Å². The lowest BCUT2D eigenvalue weighted by Crippen LogP contribution is -2.41. The predicted octanol–water partition coefficient (Wildman–Crippen LogP) is 4.46. The molecule has 0 bridgehead atoms. The van der Waals surface area contributed by atoms with Gasteiger partial charge in [-0.1, -0.05) is 42.5 Å². The van der Waals surface area contributed by atoms with Crippen molar-refractivity contribution in [1.82, 2.24) is 9.88 Å². The fourth-order valence-electron chi connectivity index (χ4n) is 3.82. The number of nitrogens with one attached hydrogen (secondary N) is 1. The Morgan fingerprint density at radius 2 is 1.74 bits per heavy atom. The number of halogens is 3. The summed E-state index contributed by atoms with van der Waals surface area (Å²) >= 11 is 0. The van der Waals surface area contributed by atoms with Gasteiger partial charge >= 0.3 is 6.18 Å². The molecule has 9 heteroatoms. The molecule has 1 aliphatic rings. The molecule has 0 saturated carbocycles. The van der Waals surface area contributed by atoms with Crippen LogP contribution in [0.2, 0.25) is 0 Å². The minimum absolute atomic E-state index is 0.0331. The number of carbonyl (C=O) groups is 2. The maximum atomic E-state index is 13.5. The normalized spacial score (nSPS) is 14.5. The number of Topliss-reactive ketones (excluding diaryl/α,β-unsaturated/α-hetero) is 1. The quantitative estimate of drug-likeness (QED) is 0.503. The van der Waals surface area contributed by atoms with Crippen molar-refractivity contribution in [2.45, 2.75) is 12.6 Å². The molecule has 0 spiro atoms. The van der Waals surface area contributed by atoms with Crippen molar-refractivity contribution in [3.63, 3.8) is 0 Å². The van der Waals surface area contributed by atoms with Crippen LogP contribution in [0.1, 0.15) is 21.5 Å². The molecule has 1 amide bonds. The largest absolute Gasteiger partial charge is 0.418 e. The number of morpholine rings is 1. The lowest BCUT2D eigenvalue weighted by molar-refractivity contribution is -0.137. The minimum Gasteiger partial charge on any atom is -0.379 e. The molecule has 4 rings (SSSR count). The predicted molar refractivity (Wildman–Crippen MR) is 125 cm³/mol. The zero-order valence-electron chi connectivity index (χ0n) is 18.8. The minimum atomic E-state index is -4.68. The number of benzene rings is 2. The summed E-state index contributed by atoms with van der Waals surface area (Å²) in [5.74, 6) is -0.959. The van der Waals surface area contributed by atoms with Gasteiger partial charge in [0.1, 0.15) is 0 Å². The summed E-state index contributed by atoms with van der Waals surface area (Å²) in [5.41, 5.74) is 0.962. The van der Waals surface area contributed by atoms with Crippen LogP contribution in [-0.2, 0) is 22.1 Å². The van der Waals surface area contributed by atoms with E-state index in [4.69, 9.17) is 4.74 Å². The molecule has 1 aliphatic heterocycles. The van der Waals surface area contributed by atoms with Gasteiger partial charge in [-0.3, -0.25) is 19.5 Å². The summed E-state index contributed by atoms with van der Waals surface area (Å²) in [7, 11) is 0. The lowest BCUT2D eigenvalue weighted by Gasteiger charge is -2.26. The third kappa shape index (κ3) is 6.52. The highest BCUT2D eigenvalue weighted by molar-refractivity contribution is 6.00. The van der Waals surface area contributed by atoms with Crippen LogP contribution in [0.25, 0.3) is 11.3 Å². The van der Waals surface area contributed by atoms with Crippen LogP contribution in [0.3, 0.4) is 0 Å². The zero-order valence-corrected chi connectivity index (χ0v) is 18.8. The summed E-state index contributed by atoms with van der Waals surface area (Å²) in [6, 6.07) is 16.2. The highest BCUT2D eigenvalue weighted by atomic mass is 19.4. The first kappa shape index (κ1) is 24.6. The molecule has 0 aliphatic carbocycles. The number of carbonyl (C=O) groups excluding carboxylic acids is 2. The molecule has 3 aromatic rings. The molecule has 1 saturated heterocycles. The van der Waals surface area contributed by atoms with Gasteiger partial charge in [0.25, 0.3) is 0 Å². The average molecular weight is 483 g/mol. The SMILES string of the molecule is O=C(CN1CCOCC1)Nc1cc(C(=O)Cc2ccc(-c3ccccc3)nc2)ccc1C(F)(F)F. The number of ether oxygens (including phenoxy) is 1. The molecule has 182 valence electrons. The first-order valence-electron chi connectivity index (χ1n) is 11.1. The topological polar surface area (TPSA) is 71.5 Å². The number of anilines is 1. The van der Waals surface area contributed by atoms with Gasteiger partial charge in [-0.25, -0.2) is 0 Å². The van der Waals surface area contributed by atoms with E-state index in [-0.39, 0.29) is 24.3 Å². The molecular formula is C26H24F3N3O3. The van der Waals surface area contributed by atoms with Crippen molar-refractivity contribution in [3.8, 4) is 11.3 Å². The molecule has 1 N–H and O–H groups in total. The first-order valence-corrected chi connectivity index (χ1v) is 11.1. The van der Waals surface area contributed by atoms with E-state index in [0.717, 1.165) is 29.5 Å². The van der Waals surface area contributed by atoms with Gasteiger partial charge < -0.3 is 10.1 Å². The smallest absolute Gasteiger partial charge is 0.379 e. The van der Waals surface area contributed by atoms with Crippen LogP contribution >= 0.6 is 0 Å². The van der Waals surface area contributed by atoms with Crippen molar-refractivity contribution >= 4 is 17.4 Å². The van der Waals surface area contributed by atoms with Crippen molar-refractivity contribution in [3.05, 3.63) is 83.6 Å². The van der Waals surface area contributed by atoms with E-state index >= 15 is 0 Å². The van der Waals surface area contributed by atoms with E-state index in [0.29, 0.717) is 31.9 Å². The third-order valence-corrected chi connectivity index (χ3v) is 5.65. The Labute approximate surface area is 200 Å². The molecule has 2 aromatic carbocycles. The number of hydrogen-bond acceptors (Lipinski definition) is 5. The van der Waals surface area contributed by atoms with Gasteiger partial charge in [-0.05, 0) is 23.8 Å². The Hall–Kier alpha value is -3.56. The number of aromatic nitrogens is 1. The van der Waals surface area contributed by atoms with Crippen LogP contribution < -0.4 is 5.32 Å². The second kappa shape index (κ2) is 10.8. The monoisotopic (exact) mass is 483 g/mol. The number of rotatable bonds is 7. The highest BCUT2D eigenvalue weighted by Gasteiger charge is 2.34. The van der Waals surface area contributed by atoms with Crippen molar-refractivity contribution in [2.24, 2.45) is 0 Å².